The number of halogens is 3. The Morgan fingerprint density at radius 1 is 1.41 bits per heavy atom. The van der Waals surface area contributed by atoms with Crippen molar-refractivity contribution >= 4 is 23.4 Å². The number of hydrogen-bond donors (Lipinski definition) is 1. The minimum absolute atomic E-state index is 0.0633. The fourth-order valence-corrected chi connectivity index (χ4v) is 3.96. The van der Waals surface area contributed by atoms with Crippen LogP contribution in [-0.4, -0.2) is 29.3 Å². The maximum absolute atomic E-state index is 14.2. The van der Waals surface area contributed by atoms with E-state index in [2.05, 4.69) is 9.98 Å². The van der Waals surface area contributed by atoms with Crippen molar-refractivity contribution in [2.75, 3.05) is 0 Å². The van der Waals surface area contributed by atoms with Crippen molar-refractivity contribution in [3.05, 3.63) is 63.9 Å². The third-order valence-corrected chi connectivity index (χ3v) is 5.53. The zero-order chi connectivity index (χ0) is 20.8. The smallest absolute Gasteiger partial charge is 0.283 e. The fraction of sp³-hybridized carbons (Fsp3) is 0.300. The largest absolute Gasteiger partial charge is 0.462 e. The summed E-state index contributed by atoms with van der Waals surface area (Å²) in [6, 6.07) is 9.15. The van der Waals surface area contributed by atoms with E-state index in [1.54, 1.807) is 6.07 Å². The second-order valence-electron chi connectivity index (χ2n) is 7.03. The molecule has 6 nitrogen and oxygen atoms in total. The Balaban J connectivity index is 1.68. The number of aliphatic imine (C=N–C) groups is 1. The Kier molecular flexibility index (Phi) is 4.71. The highest BCUT2D eigenvalue weighted by atomic mass is 35.5. The van der Waals surface area contributed by atoms with Gasteiger partial charge in [-0.1, -0.05) is 23.7 Å². The summed E-state index contributed by atoms with van der Waals surface area (Å²) in [4.78, 5) is 20.5. The van der Waals surface area contributed by atoms with Crippen molar-refractivity contribution < 1.29 is 18.3 Å². The van der Waals surface area contributed by atoms with E-state index in [0.717, 1.165) is 0 Å². The van der Waals surface area contributed by atoms with Gasteiger partial charge in [0.1, 0.15) is 17.9 Å². The summed E-state index contributed by atoms with van der Waals surface area (Å²) < 4.78 is 33.7. The van der Waals surface area contributed by atoms with Gasteiger partial charge in [-0.05, 0) is 30.2 Å². The van der Waals surface area contributed by atoms with Crippen LogP contribution < -0.4 is 5.73 Å². The normalized spacial score (nSPS) is 24.9. The molecule has 0 unspecified atom stereocenters. The van der Waals surface area contributed by atoms with Crippen molar-refractivity contribution in [2.24, 2.45) is 16.6 Å². The first-order chi connectivity index (χ1) is 13.8. The quantitative estimate of drug-likeness (QED) is 0.754. The first-order valence-electron chi connectivity index (χ1n) is 8.83. The first kappa shape index (κ1) is 19.3. The van der Waals surface area contributed by atoms with Crippen LogP contribution in [0.1, 0.15) is 33.6 Å². The number of alkyl halides is 2. The van der Waals surface area contributed by atoms with E-state index < -0.39 is 24.0 Å². The van der Waals surface area contributed by atoms with Gasteiger partial charge in [0.05, 0.1) is 5.56 Å². The number of rotatable bonds is 5. The summed E-state index contributed by atoms with van der Waals surface area (Å²) in [6.07, 6.45) is -1.61. The molecule has 29 heavy (non-hydrogen) atoms. The lowest BCUT2D eigenvalue weighted by Crippen LogP contribution is -2.43. The number of carbonyl (C=O) groups excluding carboxylic acids is 1. The van der Waals surface area contributed by atoms with Gasteiger partial charge in [-0.3, -0.25) is 9.78 Å². The van der Waals surface area contributed by atoms with Crippen molar-refractivity contribution in [3.63, 3.8) is 0 Å². The predicted molar refractivity (Wildman–Crippen MR) is 101 cm³/mol. The maximum Gasteiger partial charge on any atom is 0.283 e. The molecular formula is C20H15ClF2N4O2. The number of amidine groups is 1. The van der Waals surface area contributed by atoms with E-state index in [9.17, 15) is 13.6 Å². The molecule has 2 heterocycles. The van der Waals surface area contributed by atoms with Gasteiger partial charge < -0.3 is 10.5 Å². The van der Waals surface area contributed by atoms with Crippen LogP contribution in [0.5, 0.6) is 0 Å². The molecular weight excluding hydrogens is 402 g/mol. The van der Waals surface area contributed by atoms with Gasteiger partial charge in [0.15, 0.2) is 11.3 Å². The monoisotopic (exact) mass is 416 g/mol. The molecule has 9 heteroatoms. The van der Waals surface area contributed by atoms with Gasteiger partial charge in [-0.25, -0.2) is 13.8 Å². The zero-order valence-electron chi connectivity index (χ0n) is 15.0. The van der Waals surface area contributed by atoms with Crippen LogP contribution >= 0.6 is 11.6 Å². The average molecular weight is 417 g/mol. The highest BCUT2D eigenvalue weighted by Gasteiger charge is 2.64. The second-order valence-corrected chi connectivity index (χ2v) is 7.44. The Morgan fingerprint density at radius 3 is 2.86 bits per heavy atom. The molecule has 1 saturated carbocycles. The predicted octanol–water partition coefficient (Wildman–Crippen LogP) is 3.23. The molecule has 1 aromatic carbocycles. The molecule has 1 aliphatic heterocycles. The highest BCUT2D eigenvalue weighted by Crippen LogP contribution is 2.56. The van der Waals surface area contributed by atoms with Crippen molar-refractivity contribution in [2.45, 2.75) is 30.9 Å². The van der Waals surface area contributed by atoms with E-state index in [-0.39, 0.29) is 34.5 Å². The number of aromatic nitrogens is 1. The van der Waals surface area contributed by atoms with Crippen LogP contribution in [0.4, 0.5) is 8.78 Å². The minimum atomic E-state index is -2.84. The summed E-state index contributed by atoms with van der Waals surface area (Å²) in [5.41, 5.74) is 4.89. The number of hydrogen-bond acceptors (Lipinski definition) is 6. The SMILES string of the molecule is N#Cc1ccc(C(=O)Cc2ccc(Cl)c([C@@]3(C(F)F)N=C(N)O[C@@H]4C[C@@H]43)c2)nc1. The number of pyridine rings is 1. The first-order valence-corrected chi connectivity index (χ1v) is 9.21. The van der Waals surface area contributed by atoms with Gasteiger partial charge >= 0.3 is 0 Å². The van der Waals surface area contributed by atoms with Gasteiger partial charge in [0, 0.05) is 29.1 Å². The van der Waals surface area contributed by atoms with Gasteiger partial charge in [-0.15, -0.1) is 0 Å². The van der Waals surface area contributed by atoms with E-state index in [4.69, 9.17) is 27.3 Å². The number of carbonyl (C=O) groups is 1. The molecule has 0 amide bonds. The summed E-state index contributed by atoms with van der Waals surface area (Å²) in [5.74, 6) is -0.841. The van der Waals surface area contributed by atoms with Crippen molar-refractivity contribution in [1.82, 2.24) is 4.98 Å². The highest BCUT2D eigenvalue weighted by molar-refractivity contribution is 6.31. The molecule has 0 radical (unpaired) electrons. The van der Waals surface area contributed by atoms with E-state index in [1.807, 2.05) is 6.07 Å². The number of Topliss-reactive ketones (excluding diaryl/α,β-unsaturated/α-hetero) is 1. The zero-order valence-corrected chi connectivity index (χ0v) is 15.7. The van der Waals surface area contributed by atoms with Gasteiger partial charge in [0.25, 0.3) is 12.4 Å². The van der Waals surface area contributed by atoms with Crippen LogP contribution in [0.3, 0.4) is 0 Å². The molecule has 2 aliphatic rings. The molecule has 4 rings (SSSR count). The Morgan fingerprint density at radius 2 is 2.21 bits per heavy atom. The van der Waals surface area contributed by atoms with Crippen LogP contribution in [0, 0.1) is 17.2 Å². The number of fused-ring (bicyclic) bond motifs is 1. The fourth-order valence-electron chi connectivity index (χ4n) is 3.69. The molecule has 1 aliphatic carbocycles. The van der Waals surface area contributed by atoms with Gasteiger partial charge in [-0.2, -0.15) is 5.26 Å². The molecule has 3 atom stereocenters. The van der Waals surface area contributed by atoms with Crippen LogP contribution in [0.2, 0.25) is 5.02 Å². The molecule has 0 saturated heterocycles. The lowest BCUT2D eigenvalue weighted by molar-refractivity contribution is 0.0196. The maximum atomic E-state index is 14.2. The summed E-state index contributed by atoms with van der Waals surface area (Å²) in [7, 11) is 0. The Labute approximate surface area is 170 Å². The Hall–Kier alpha value is -3.05. The van der Waals surface area contributed by atoms with Gasteiger partial charge in [0.2, 0.25) is 0 Å². The molecule has 148 valence electrons. The number of nitrogens with two attached hydrogens (primary N) is 1. The number of nitriles is 1. The average Bonchev–Trinajstić information content (AvgIpc) is 3.48. The van der Waals surface area contributed by atoms with Crippen LogP contribution in [0.25, 0.3) is 0 Å². The standard InChI is InChI=1S/C20H15ClF2N4O2/c21-14-3-1-10(6-16(28)15-4-2-11(8-24)9-26-15)5-12(14)20(18(22)23)13-7-17(13)29-19(25)27-20/h1-5,9,13,17-18H,6-7H2,(H2,25,27)/t13-,17+,20+/m0/s1. The van der Waals surface area contributed by atoms with Crippen LogP contribution in [0.15, 0.2) is 41.5 Å². The lowest BCUT2D eigenvalue weighted by atomic mass is 9.83. The molecule has 2 N–H and O–H groups in total. The summed E-state index contributed by atoms with van der Waals surface area (Å²) in [6.45, 7) is 0. The molecule has 2 aromatic rings. The second kappa shape index (κ2) is 7.08. The minimum Gasteiger partial charge on any atom is -0.462 e. The summed E-state index contributed by atoms with van der Waals surface area (Å²) >= 11 is 6.27. The number of ether oxygens (including phenoxy) is 1. The van der Waals surface area contributed by atoms with Crippen molar-refractivity contribution in [1.29, 1.82) is 5.26 Å². The van der Waals surface area contributed by atoms with Crippen LogP contribution in [-0.2, 0) is 16.7 Å². The Bertz CT molecular complexity index is 1050. The topological polar surface area (TPSA) is 101 Å². The third-order valence-electron chi connectivity index (χ3n) is 5.20. The molecule has 1 aromatic heterocycles. The number of benzene rings is 1. The molecule has 0 spiro atoms. The van der Waals surface area contributed by atoms with E-state index in [0.29, 0.717) is 17.5 Å². The summed E-state index contributed by atoms with van der Waals surface area (Å²) in [5, 5.41) is 8.94. The lowest BCUT2D eigenvalue weighted by Gasteiger charge is -2.33. The molecule has 0 bridgehead atoms. The number of ketones is 1. The van der Waals surface area contributed by atoms with E-state index >= 15 is 0 Å². The number of nitrogens with zero attached hydrogens (tertiary/aromatic N) is 3. The third kappa shape index (κ3) is 3.32. The van der Waals surface area contributed by atoms with Crippen molar-refractivity contribution in [3.8, 4) is 6.07 Å². The molecule has 1 fully saturated rings. The van der Waals surface area contributed by atoms with E-state index in [1.165, 1.54) is 30.5 Å².